The fourth-order valence-corrected chi connectivity index (χ4v) is 2.17. The molecule has 0 bridgehead atoms. The molecule has 0 aliphatic carbocycles. The van der Waals surface area contributed by atoms with Gasteiger partial charge in [-0.15, -0.1) is 0 Å². The van der Waals surface area contributed by atoms with Crippen LogP contribution >= 0.6 is 0 Å². The molecule has 3 rings (SSSR count). The second-order valence-electron chi connectivity index (χ2n) is 4.79. The molecule has 0 saturated carbocycles. The molecule has 0 spiro atoms. The van der Waals surface area contributed by atoms with Crippen LogP contribution in [0.15, 0.2) is 66.9 Å². The van der Waals surface area contributed by atoms with Crippen molar-refractivity contribution in [2.75, 3.05) is 5.32 Å². The molecular weight excluding hydrogens is 262 g/mol. The maximum atomic E-state index is 12.2. The number of aromatic nitrogens is 1. The molecule has 1 amide bonds. The van der Waals surface area contributed by atoms with Gasteiger partial charge in [0.15, 0.2) is 0 Å². The highest BCUT2D eigenvalue weighted by Gasteiger charge is 2.15. The Balaban J connectivity index is 1.80. The van der Waals surface area contributed by atoms with Gasteiger partial charge >= 0.3 is 0 Å². The van der Waals surface area contributed by atoms with Crippen LogP contribution in [0.4, 0.5) is 5.69 Å². The number of nitrogens with zero attached hydrogens (tertiary/aromatic N) is 1. The van der Waals surface area contributed by atoms with Crippen LogP contribution in [0.1, 0.15) is 11.6 Å². The van der Waals surface area contributed by atoms with E-state index < -0.39 is 6.04 Å². The Bertz CT molecular complexity index is 771. The van der Waals surface area contributed by atoms with Crippen LogP contribution < -0.4 is 11.1 Å². The molecule has 0 aliphatic heterocycles. The Morgan fingerprint density at radius 3 is 2.57 bits per heavy atom. The number of anilines is 1. The lowest BCUT2D eigenvalue weighted by Gasteiger charge is -2.12. The van der Waals surface area contributed by atoms with Crippen molar-refractivity contribution in [3.63, 3.8) is 0 Å². The molecule has 1 heterocycles. The second kappa shape index (κ2) is 5.73. The predicted octanol–water partition coefficient (Wildman–Crippen LogP) is 2.87. The quantitative estimate of drug-likeness (QED) is 0.773. The fraction of sp³-hybridized carbons (Fsp3) is 0.0588. The molecule has 104 valence electrons. The average Bonchev–Trinajstić information content (AvgIpc) is 2.55. The molecular formula is C17H15N3O. The summed E-state index contributed by atoms with van der Waals surface area (Å²) >= 11 is 0. The van der Waals surface area contributed by atoms with E-state index in [4.69, 9.17) is 5.73 Å². The maximum absolute atomic E-state index is 12.2. The second-order valence-corrected chi connectivity index (χ2v) is 4.79. The van der Waals surface area contributed by atoms with Gasteiger partial charge in [-0.3, -0.25) is 9.78 Å². The number of nitrogens with one attached hydrogen (secondary N) is 1. The first-order valence-electron chi connectivity index (χ1n) is 6.70. The molecule has 3 aromatic rings. The van der Waals surface area contributed by atoms with Crippen molar-refractivity contribution in [1.82, 2.24) is 4.98 Å². The molecule has 1 unspecified atom stereocenters. The third-order valence-corrected chi connectivity index (χ3v) is 3.30. The Kier molecular flexibility index (Phi) is 3.62. The number of hydrogen-bond acceptors (Lipinski definition) is 3. The highest BCUT2D eigenvalue weighted by Crippen LogP contribution is 2.18. The lowest BCUT2D eigenvalue weighted by molar-refractivity contribution is -0.117. The fourth-order valence-electron chi connectivity index (χ4n) is 2.17. The maximum Gasteiger partial charge on any atom is 0.245 e. The van der Waals surface area contributed by atoms with E-state index >= 15 is 0 Å². The summed E-state index contributed by atoms with van der Waals surface area (Å²) in [6, 6.07) is 18.2. The third kappa shape index (κ3) is 2.90. The van der Waals surface area contributed by atoms with Gasteiger partial charge in [0.05, 0.1) is 17.4 Å². The van der Waals surface area contributed by atoms with Crippen molar-refractivity contribution in [3.05, 3.63) is 72.4 Å². The van der Waals surface area contributed by atoms with Crippen LogP contribution in [0.3, 0.4) is 0 Å². The predicted molar refractivity (Wildman–Crippen MR) is 83.7 cm³/mol. The van der Waals surface area contributed by atoms with Crippen molar-refractivity contribution in [2.45, 2.75) is 6.04 Å². The minimum Gasteiger partial charge on any atom is -0.323 e. The Labute approximate surface area is 122 Å². The number of para-hydroxylation sites is 1. The first-order valence-corrected chi connectivity index (χ1v) is 6.70. The van der Waals surface area contributed by atoms with E-state index in [-0.39, 0.29) is 5.91 Å². The van der Waals surface area contributed by atoms with Gasteiger partial charge in [-0.05, 0) is 17.7 Å². The zero-order valence-corrected chi connectivity index (χ0v) is 11.4. The monoisotopic (exact) mass is 277 g/mol. The number of hydrogen-bond donors (Lipinski definition) is 2. The first kappa shape index (κ1) is 13.3. The van der Waals surface area contributed by atoms with Crippen LogP contribution in [0.5, 0.6) is 0 Å². The van der Waals surface area contributed by atoms with Crippen molar-refractivity contribution in [3.8, 4) is 0 Å². The lowest BCUT2D eigenvalue weighted by Crippen LogP contribution is -2.27. The first-order chi connectivity index (χ1) is 10.2. The van der Waals surface area contributed by atoms with E-state index in [0.29, 0.717) is 5.69 Å². The summed E-state index contributed by atoms with van der Waals surface area (Å²) < 4.78 is 0. The number of carbonyl (C=O) groups excluding carboxylic acids is 1. The number of rotatable bonds is 3. The van der Waals surface area contributed by atoms with Gasteiger partial charge in [0.25, 0.3) is 0 Å². The van der Waals surface area contributed by atoms with Crippen LogP contribution in [0.25, 0.3) is 10.9 Å². The number of nitrogens with two attached hydrogens (primary N) is 1. The Morgan fingerprint density at radius 2 is 1.76 bits per heavy atom. The van der Waals surface area contributed by atoms with Gasteiger partial charge in [0, 0.05) is 5.39 Å². The third-order valence-electron chi connectivity index (χ3n) is 3.30. The van der Waals surface area contributed by atoms with E-state index in [1.165, 1.54) is 0 Å². The summed E-state index contributed by atoms with van der Waals surface area (Å²) in [5.74, 6) is -0.252. The van der Waals surface area contributed by atoms with Gasteiger partial charge in [-0.25, -0.2) is 0 Å². The average molecular weight is 277 g/mol. The molecule has 21 heavy (non-hydrogen) atoms. The van der Waals surface area contributed by atoms with Crippen LogP contribution in [0, 0.1) is 0 Å². The Morgan fingerprint density at radius 1 is 1.05 bits per heavy atom. The van der Waals surface area contributed by atoms with Gasteiger partial charge in [0.2, 0.25) is 5.91 Å². The summed E-state index contributed by atoms with van der Waals surface area (Å²) in [4.78, 5) is 16.5. The zero-order chi connectivity index (χ0) is 14.7. The molecule has 0 saturated heterocycles. The largest absolute Gasteiger partial charge is 0.323 e. The number of amides is 1. The number of pyridine rings is 1. The Hall–Kier alpha value is -2.72. The van der Waals surface area contributed by atoms with E-state index in [0.717, 1.165) is 16.5 Å². The highest BCUT2D eigenvalue weighted by molar-refractivity contribution is 5.96. The van der Waals surface area contributed by atoms with Gasteiger partial charge < -0.3 is 11.1 Å². The van der Waals surface area contributed by atoms with Crippen LogP contribution in [0.2, 0.25) is 0 Å². The summed E-state index contributed by atoms with van der Waals surface area (Å²) in [7, 11) is 0. The smallest absolute Gasteiger partial charge is 0.245 e. The molecule has 3 N–H and O–H groups in total. The van der Waals surface area contributed by atoms with Crippen molar-refractivity contribution < 1.29 is 4.79 Å². The molecule has 2 aromatic carbocycles. The van der Waals surface area contributed by atoms with Gasteiger partial charge in [0.1, 0.15) is 6.04 Å². The van der Waals surface area contributed by atoms with Crippen LogP contribution in [-0.4, -0.2) is 10.9 Å². The van der Waals surface area contributed by atoms with E-state index in [1.807, 2.05) is 60.7 Å². The number of fused-ring (bicyclic) bond motifs is 1. The minimum atomic E-state index is -0.697. The topological polar surface area (TPSA) is 68.0 Å². The highest BCUT2D eigenvalue weighted by atomic mass is 16.2. The summed E-state index contributed by atoms with van der Waals surface area (Å²) in [5, 5.41) is 3.78. The minimum absolute atomic E-state index is 0.252. The summed E-state index contributed by atoms with van der Waals surface area (Å²) in [6.45, 7) is 0. The molecule has 0 fully saturated rings. The van der Waals surface area contributed by atoms with E-state index in [2.05, 4.69) is 10.3 Å². The van der Waals surface area contributed by atoms with Crippen LogP contribution in [-0.2, 0) is 4.79 Å². The normalized spacial score (nSPS) is 12.0. The lowest BCUT2D eigenvalue weighted by atomic mass is 10.1. The molecule has 1 aromatic heterocycles. The molecule has 4 nitrogen and oxygen atoms in total. The van der Waals surface area contributed by atoms with Crippen molar-refractivity contribution in [2.24, 2.45) is 5.73 Å². The number of carbonyl (C=O) groups is 1. The molecule has 0 radical (unpaired) electrons. The number of benzene rings is 2. The van der Waals surface area contributed by atoms with Gasteiger partial charge in [-0.1, -0.05) is 48.5 Å². The van der Waals surface area contributed by atoms with Crippen molar-refractivity contribution in [1.29, 1.82) is 0 Å². The summed E-state index contributed by atoms with van der Waals surface area (Å²) in [5.41, 5.74) is 8.28. The van der Waals surface area contributed by atoms with E-state index in [9.17, 15) is 4.79 Å². The SMILES string of the molecule is NC(C(=O)Nc1cnc2ccccc2c1)c1ccccc1. The molecule has 4 heteroatoms. The van der Waals surface area contributed by atoms with Crippen molar-refractivity contribution >= 4 is 22.5 Å². The molecule has 0 aliphatic rings. The summed E-state index contributed by atoms with van der Waals surface area (Å²) in [6.07, 6.45) is 1.64. The zero-order valence-electron chi connectivity index (χ0n) is 11.4. The standard InChI is InChI=1S/C17H15N3O/c18-16(12-6-2-1-3-7-12)17(21)20-14-10-13-8-4-5-9-15(13)19-11-14/h1-11,16H,18H2,(H,20,21). The van der Waals surface area contributed by atoms with E-state index in [1.54, 1.807) is 6.20 Å². The molecule has 1 atom stereocenters. The van der Waals surface area contributed by atoms with Gasteiger partial charge in [-0.2, -0.15) is 0 Å².